The summed E-state index contributed by atoms with van der Waals surface area (Å²) in [6.45, 7) is 3.63. The van der Waals surface area contributed by atoms with Gasteiger partial charge in [0, 0.05) is 44.0 Å². The zero-order chi connectivity index (χ0) is 14.9. The molecule has 1 saturated carbocycles. The average Bonchev–Trinajstić information content (AvgIpc) is 3.08. The number of hydrogen-bond acceptors (Lipinski definition) is 5. The van der Waals surface area contributed by atoms with E-state index in [0.29, 0.717) is 19.0 Å². The third kappa shape index (κ3) is 3.83. The topological polar surface area (TPSA) is 53.5 Å². The van der Waals surface area contributed by atoms with Crippen LogP contribution in [-0.2, 0) is 16.6 Å². The molecule has 0 spiro atoms. The predicted octanol–water partition coefficient (Wildman–Crippen LogP) is 1.88. The molecule has 2 aliphatic rings. The maximum Gasteiger partial charge on any atom is 0.211 e. The second-order valence-corrected chi connectivity index (χ2v) is 8.97. The molecule has 1 aromatic rings. The fourth-order valence-electron chi connectivity index (χ4n) is 3.20. The second kappa shape index (κ2) is 6.32. The lowest BCUT2D eigenvalue weighted by molar-refractivity contribution is 0.180. The van der Waals surface area contributed by atoms with Crippen molar-refractivity contribution < 1.29 is 8.42 Å². The van der Waals surface area contributed by atoms with Crippen molar-refractivity contribution in [3.8, 4) is 0 Å². The first-order valence-corrected chi connectivity index (χ1v) is 10.4. The monoisotopic (exact) mass is 329 g/mol. The Kier molecular flexibility index (Phi) is 4.63. The van der Waals surface area contributed by atoms with Crippen molar-refractivity contribution in [3.63, 3.8) is 0 Å². The van der Waals surface area contributed by atoms with E-state index in [4.69, 9.17) is 4.98 Å². The first-order chi connectivity index (χ1) is 10.0. The van der Waals surface area contributed by atoms with Crippen LogP contribution in [0.5, 0.6) is 0 Å². The van der Waals surface area contributed by atoms with Crippen LogP contribution in [0.3, 0.4) is 0 Å². The second-order valence-electron chi connectivity index (χ2n) is 6.10. The standard InChI is InChI=1S/C14H23N3O2S2/c1-21(18,19)17-8-6-16(7-9-17)10-13-11-20-14(15-13)12-4-2-3-5-12/h11-12H,2-10H2,1H3. The van der Waals surface area contributed by atoms with Crippen LogP contribution < -0.4 is 0 Å². The van der Waals surface area contributed by atoms with E-state index in [0.717, 1.165) is 25.3 Å². The molecular weight excluding hydrogens is 306 g/mol. The lowest BCUT2D eigenvalue weighted by Gasteiger charge is -2.32. The summed E-state index contributed by atoms with van der Waals surface area (Å²) in [5.74, 6) is 0.686. The van der Waals surface area contributed by atoms with Gasteiger partial charge in [0.2, 0.25) is 10.0 Å². The van der Waals surface area contributed by atoms with E-state index in [-0.39, 0.29) is 0 Å². The molecule has 2 fully saturated rings. The van der Waals surface area contributed by atoms with Crippen LogP contribution in [-0.4, -0.2) is 55.0 Å². The maximum absolute atomic E-state index is 11.5. The number of nitrogens with zero attached hydrogens (tertiary/aromatic N) is 3. The number of aromatic nitrogens is 1. The normalized spacial score (nSPS) is 22.9. The van der Waals surface area contributed by atoms with E-state index in [9.17, 15) is 8.42 Å². The Hall–Kier alpha value is -0.500. The predicted molar refractivity (Wildman–Crippen MR) is 85.0 cm³/mol. The summed E-state index contributed by atoms with van der Waals surface area (Å²) in [5.41, 5.74) is 1.15. The zero-order valence-corrected chi connectivity index (χ0v) is 14.1. The highest BCUT2D eigenvalue weighted by Gasteiger charge is 2.24. The first kappa shape index (κ1) is 15.4. The molecule has 7 heteroatoms. The Labute approximate surface area is 131 Å². The van der Waals surface area contributed by atoms with Crippen LogP contribution in [0.25, 0.3) is 0 Å². The van der Waals surface area contributed by atoms with Crippen LogP contribution in [0.4, 0.5) is 0 Å². The van der Waals surface area contributed by atoms with E-state index in [1.165, 1.54) is 36.9 Å². The molecule has 1 aliphatic heterocycles. The lowest BCUT2D eigenvalue weighted by Crippen LogP contribution is -2.47. The number of sulfonamides is 1. The molecule has 1 saturated heterocycles. The summed E-state index contributed by atoms with van der Waals surface area (Å²) >= 11 is 1.80. The molecule has 3 rings (SSSR count). The molecule has 0 aromatic carbocycles. The van der Waals surface area contributed by atoms with Gasteiger partial charge >= 0.3 is 0 Å². The molecule has 0 radical (unpaired) electrons. The fraction of sp³-hybridized carbons (Fsp3) is 0.786. The van der Waals surface area contributed by atoms with Gasteiger partial charge in [-0.25, -0.2) is 13.4 Å². The van der Waals surface area contributed by atoms with Gasteiger partial charge in [0.15, 0.2) is 0 Å². The Balaban J connectivity index is 1.53. The molecule has 1 aliphatic carbocycles. The number of piperazine rings is 1. The highest BCUT2D eigenvalue weighted by atomic mass is 32.2. The minimum atomic E-state index is -3.04. The lowest BCUT2D eigenvalue weighted by atomic mass is 10.1. The SMILES string of the molecule is CS(=O)(=O)N1CCN(Cc2csc(C3CCCC3)n2)CC1. The quantitative estimate of drug-likeness (QED) is 0.846. The average molecular weight is 329 g/mol. The summed E-state index contributed by atoms with van der Waals surface area (Å²) in [7, 11) is -3.04. The first-order valence-electron chi connectivity index (χ1n) is 7.64. The summed E-state index contributed by atoms with van der Waals surface area (Å²) in [6.07, 6.45) is 6.55. The molecule has 5 nitrogen and oxygen atoms in total. The number of rotatable bonds is 4. The third-order valence-electron chi connectivity index (χ3n) is 4.46. The Morgan fingerprint density at radius 3 is 2.52 bits per heavy atom. The molecule has 0 N–H and O–H groups in total. The van der Waals surface area contributed by atoms with Crippen molar-refractivity contribution in [3.05, 3.63) is 16.1 Å². The van der Waals surface area contributed by atoms with Crippen molar-refractivity contribution in [1.29, 1.82) is 0 Å². The highest BCUT2D eigenvalue weighted by Crippen LogP contribution is 2.35. The molecule has 2 heterocycles. The van der Waals surface area contributed by atoms with Crippen molar-refractivity contribution >= 4 is 21.4 Å². The molecule has 0 amide bonds. The summed E-state index contributed by atoms with van der Waals surface area (Å²) in [6, 6.07) is 0. The van der Waals surface area contributed by atoms with Crippen LogP contribution in [0, 0.1) is 0 Å². The Morgan fingerprint density at radius 2 is 1.90 bits per heavy atom. The van der Waals surface area contributed by atoms with Gasteiger partial charge in [-0.15, -0.1) is 11.3 Å². The van der Waals surface area contributed by atoms with E-state index < -0.39 is 10.0 Å². The molecule has 1 aromatic heterocycles. The van der Waals surface area contributed by atoms with Gasteiger partial charge in [-0.2, -0.15) is 4.31 Å². The molecule has 0 bridgehead atoms. The van der Waals surface area contributed by atoms with Crippen LogP contribution in [0.2, 0.25) is 0 Å². The van der Waals surface area contributed by atoms with Gasteiger partial charge in [0.25, 0.3) is 0 Å². The van der Waals surface area contributed by atoms with Crippen molar-refractivity contribution in [2.45, 2.75) is 38.1 Å². The molecule has 0 atom stereocenters. The van der Waals surface area contributed by atoms with Crippen LogP contribution in [0.1, 0.15) is 42.3 Å². The van der Waals surface area contributed by atoms with E-state index >= 15 is 0 Å². The van der Waals surface area contributed by atoms with Gasteiger partial charge in [0.1, 0.15) is 0 Å². The van der Waals surface area contributed by atoms with Crippen molar-refractivity contribution in [1.82, 2.24) is 14.2 Å². The van der Waals surface area contributed by atoms with E-state index in [1.807, 2.05) is 0 Å². The van der Waals surface area contributed by atoms with Gasteiger partial charge in [-0.1, -0.05) is 12.8 Å². The maximum atomic E-state index is 11.5. The number of hydrogen-bond donors (Lipinski definition) is 0. The fourth-order valence-corrected chi connectivity index (χ4v) is 5.01. The molecule has 21 heavy (non-hydrogen) atoms. The smallest absolute Gasteiger partial charge is 0.211 e. The van der Waals surface area contributed by atoms with E-state index in [1.54, 1.807) is 15.6 Å². The minimum absolute atomic E-state index is 0.596. The zero-order valence-electron chi connectivity index (χ0n) is 12.5. The summed E-state index contributed by atoms with van der Waals surface area (Å²) < 4.78 is 24.6. The Bertz CT molecular complexity index is 571. The van der Waals surface area contributed by atoms with Crippen molar-refractivity contribution in [2.24, 2.45) is 0 Å². The van der Waals surface area contributed by atoms with Gasteiger partial charge in [0.05, 0.1) is 17.0 Å². The third-order valence-corrected chi connectivity index (χ3v) is 6.82. The minimum Gasteiger partial charge on any atom is -0.295 e. The summed E-state index contributed by atoms with van der Waals surface area (Å²) in [5, 5.41) is 3.48. The summed E-state index contributed by atoms with van der Waals surface area (Å²) in [4.78, 5) is 7.10. The van der Waals surface area contributed by atoms with Crippen LogP contribution >= 0.6 is 11.3 Å². The van der Waals surface area contributed by atoms with E-state index in [2.05, 4.69) is 10.3 Å². The Morgan fingerprint density at radius 1 is 1.24 bits per heavy atom. The highest BCUT2D eigenvalue weighted by molar-refractivity contribution is 7.88. The molecule has 0 unspecified atom stereocenters. The van der Waals surface area contributed by atoms with Gasteiger partial charge < -0.3 is 0 Å². The largest absolute Gasteiger partial charge is 0.295 e. The number of thiazole rings is 1. The van der Waals surface area contributed by atoms with Gasteiger partial charge in [-0.3, -0.25) is 4.90 Å². The van der Waals surface area contributed by atoms with Crippen LogP contribution in [0.15, 0.2) is 5.38 Å². The molecular formula is C14H23N3O2S2. The van der Waals surface area contributed by atoms with Crippen molar-refractivity contribution in [2.75, 3.05) is 32.4 Å². The molecule has 118 valence electrons. The van der Waals surface area contributed by atoms with Gasteiger partial charge in [-0.05, 0) is 12.8 Å².